The highest BCUT2D eigenvalue weighted by molar-refractivity contribution is 7.07. The number of ether oxygens (including phenoxy) is 4. The van der Waals surface area contributed by atoms with Gasteiger partial charge in [-0.1, -0.05) is 35.6 Å². The zero-order valence-corrected chi connectivity index (χ0v) is 19.3. The lowest BCUT2D eigenvalue weighted by Crippen LogP contribution is -2.58. The molecule has 0 saturated heterocycles. The first-order chi connectivity index (χ1) is 15.9. The summed E-state index contributed by atoms with van der Waals surface area (Å²) >= 11 is 1.26. The van der Waals surface area contributed by atoms with Crippen LogP contribution in [0.25, 0.3) is 6.08 Å². The van der Waals surface area contributed by atoms with E-state index >= 15 is 0 Å². The summed E-state index contributed by atoms with van der Waals surface area (Å²) in [6, 6.07) is 12.2. The molecule has 2 bridgehead atoms. The molecule has 0 fully saturated rings. The molecule has 8 nitrogen and oxygen atoms in total. The van der Waals surface area contributed by atoms with E-state index in [0.29, 0.717) is 26.6 Å². The Morgan fingerprint density at radius 1 is 1.15 bits per heavy atom. The van der Waals surface area contributed by atoms with E-state index in [4.69, 9.17) is 23.9 Å². The van der Waals surface area contributed by atoms with Crippen molar-refractivity contribution in [1.29, 1.82) is 0 Å². The molecular weight excluding hydrogens is 444 g/mol. The van der Waals surface area contributed by atoms with Crippen LogP contribution in [-0.4, -0.2) is 37.6 Å². The fourth-order valence-electron chi connectivity index (χ4n) is 4.53. The van der Waals surface area contributed by atoms with Crippen molar-refractivity contribution in [2.75, 3.05) is 21.3 Å². The van der Waals surface area contributed by atoms with Gasteiger partial charge < -0.3 is 18.9 Å². The van der Waals surface area contributed by atoms with Gasteiger partial charge in [-0.05, 0) is 36.8 Å². The van der Waals surface area contributed by atoms with Crippen molar-refractivity contribution in [3.8, 4) is 17.2 Å². The number of aromatic nitrogens is 1. The third kappa shape index (κ3) is 3.22. The molecule has 170 valence electrons. The van der Waals surface area contributed by atoms with E-state index in [2.05, 4.69) is 0 Å². The maximum atomic E-state index is 13.6. The molecule has 2 aliphatic rings. The lowest BCUT2D eigenvalue weighted by Gasteiger charge is -2.44. The number of rotatable bonds is 4. The molecule has 0 amide bonds. The molecule has 1 aromatic heterocycles. The fraction of sp³-hybridized carbons (Fsp3) is 0.292. The van der Waals surface area contributed by atoms with Crippen molar-refractivity contribution in [3.05, 3.63) is 73.3 Å². The van der Waals surface area contributed by atoms with Gasteiger partial charge in [0.2, 0.25) is 5.72 Å². The standard InChI is InChI=1S/C24H22N2O6S/c1-24-19(22(28)31-4)20(14-7-5-6-8-15(14)32-24)26-21(27)18(33-23(26)25-24)12-13-9-10-16(29-2)17(11-13)30-3/h5-12,19-20H,1-4H3/b18-12+/t19-,20+,24+/m1/s1. The van der Waals surface area contributed by atoms with Gasteiger partial charge in [0.05, 0.1) is 31.9 Å². The highest BCUT2D eigenvalue weighted by atomic mass is 32.1. The van der Waals surface area contributed by atoms with E-state index in [1.807, 2.05) is 30.3 Å². The zero-order valence-electron chi connectivity index (χ0n) is 18.5. The van der Waals surface area contributed by atoms with Crippen LogP contribution in [0.4, 0.5) is 0 Å². The van der Waals surface area contributed by atoms with Crippen molar-refractivity contribution >= 4 is 23.4 Å². The molecule has 3 heterocycles. The van der Waals surface area contributed by atoms with Gasteiger partial charge in [0.25, 0.3) is 5.56 Å². The number of para-hydroxylation sites is 1. The van der Waals surface area contributed by atoms with Crippen LogP contribution >= 0.6 is 11.3 Å². The minimum atomic E-state index is -1.19. The Bertz CT molecular complexity index is 1440. The summed E-state index contributed by atoms with van der Waals surface area (Å²) in [5, 5.41) is 0. The first-order valence-electron chi connectivity index (χ1n) is 10.3. The Hall–Kier alpha value is -3.59. The van der Waals surface area contributed by atoms with Crippen molar-refractivity contribution in [2.45, 2.75) is 18.7 Å². The quantitative estimate of drug-likeness (QED) is 0.546. The third-order valence-corrected chi connectivity index (χ3v) is 7.02. The van der Waals surface area contributed by atoms with Crippen molar-refractivity contribution in [2.24, 2.45) is 10.9 Å². The molecule has 2 aliphatic heterocycles. The highest BCUT2D eigenvalue weighted by Crippen LogP contribution is 2.47. The molecule has 0 N–H and O–H groups in total. The SMILES string of the molecule is COC(=O)[C@H]1[C@@H]2c3ccccc3O[C@]1(C)N=c1s/c(=C/c3ccc(OC)c(OC)c3)c(=O)n12. The van der Waals surface area contributed by atoms with Crippen LogP contribution in [-0.2, 0) is 9.53 Å². The van der Waals surface area contributed by atoms with E-state index in [1.54, 1.807) is 43.9 Å². The molecule has 3 atom stereocenters. The average molecular weight is 467 g/mol. The molecular formula is C24H22N2O6S. The van der Waals surface area contributed by atoms with Crippen LogP contribution < -0.4 is 29.1 Å². The zero-order chi connectivity index (χ0) is 23.3. The second-order valence-electron chi connectivity index (χ2n) is 7.93. The van der Waals surface area contributed by atoms with Gasteiger partial charge in [0.1, 0.15) is 11.7 Å². The number of fused-ring (bicyclic) bond motifs is 6. The molecule has 9 heteroatoms. The van der Waals surface area contributed by atoms with Crippen molar-refractivity contribution in [3.63, 3.8) is 0 Å². The summed E-state index contributed by atoms with van der Waals surface area (Å²) in [6.45, 7) is 1.75. The molecule has 0 unspecified atom stereocenters. The van der Waals surface area contributed by atoms with Crippen LogP contribution in [0.5, 0.6) is 17.2 Å². The first kappa shape index (κ1) is 21.3. The monoisotopic (exact) mass is 466 g/mol. The maximum absolute atomic E-state index is 13.6. The molecule has 0 saturated carbocycles. The van der Waals surface area contributed by atoms with Crippen LogP contribution in [0, 0.1) is 5.92 Å². The molecule has 5 rings (SSSR count). The van der Waals surface area contributed by atoms with E-state index in [-0.39, 0.29) is 5.56 Å². The highest BCUT2D eigenvalue weighted by Gasteiger charge is 2.55. The van der Waals surface area contributed by atoms with E-state index in [0.717, 1.165) is 11.1 Å². The molecule has 33 heavy (non-hydrogen) atoms. The molecule has 3 aromatic rings. The third-order valence-electron chi connectivity index (χ3n) is 6.04. The summed E-state index contributed by atoms with van der Waals surface area (Å²) < 4.78 is 24.0. The number of nitrogens with zero attached hydrogens (tertiary/aromatic N) is 2. The summed E-state index contributed by atoms with van der Waals surface area (Å²) in [7, 11) is 4.46. The Balaban J connectivity index is 1.74. The minimum absolute atomic E-state index is 0.230. The number of hydrogen-bond donors (Lipinski definition) is 0. The lowest BCUT2D eigenvalue weighted by molar-refractivity contribution is -0.158. The van der Waals surface area contributed by atoms with E-state index in [1.165, 1.54) is 18.4 Å². The second-order valence-corrected chi connectivity index (χ2v) is 8.94. The Morgan fingerprint density at radius 3 is 2.64 bits per heavy atom. The molecule has 0 spiro atoms. The Morgan fingerprint density at radius 2 is 1.91 bits per heavy atom. The van der Waals surface area contributed by atoms with Crippen molar-refractivity contribution < 1.29 is 23.7 Å². The van der Waals surface area contributed by atoms with Crippen molar-refractivity contribution in [1.82, 2.24) is 4.57 Å². The van der Waals surface area contributed by atoms with E-state index in [9.17, 15) is 9.59 Å². The molecule has 2 aromatic carbocycles. The van der Waals surface area contributed by atoms with Gasteiger partial charge >= 0.3 is 5.97 Å². The number of benzene rings is 2. The predicted molar refractivity (Wildman–Crippen MR) is 122 cm³/mol. The van der Waals surface area contributed by atoms with Crippen LogP contribution in [0.1, 0.15) is 24.1 Å². The van der Waals surface area contributed by atoms with Crippen LogP contribution in [0.3, 0.4) is 0 Å². The second kappa shape index (κ2) is 7.77. The maximum Gasteiger partial charge on any atom is 0.317 e. The fourth-order valence-corrected chi connectivity index (χ4v) is 5.62. The largest absolute Gasteiger partial charge is 0.493 e. The molecule has 0 aliphatic carbocycles. The Kier molecular flexibility index (Phi) is 5.01. The van der Waals surface area contributed by atoms with Gasteiger partial charge in [-0.15, -0.1) is 0 Å². The van der Waals surface area contributed by atoms with Gasteiger partial charge in [0, 0.05) is 5.56 Å². The predicted octanol–water partition coefficient (Wildman–Crippen LogP) is 1.88. The Labute approximate surface area is 193 Å². The number of methoxy groups -OCH3 is 3. The number of thiazole rings is 1. The van der Waals surface area contributed by atoms with Gasteiger partial charge in [-0.2, -0.15) is 0 Å². The average Bonchev–Trinajstić information content (AvgIpc) is 3.11. The number of carbonyl (C=O) groups is 1. The summed E-state index contributed by atoms with van der Waals surface area (Å²) in [6.07, 6.45) is 1.78. The number of hydrogen-bond acceptors (Lipinski definition) is 8. The van der Waals surface area contributed by atoms with Gasteiger partial charge in [-0.25, -0.2) is 4.99 Å². The normalized spacial score (nSPS) is 23.0. The van der Waals surface area contributed by atoms with E-state index < -0.39 is 23.7 Å². The number of carbonyl (C=O) groups excluding carboxylic acids is 1. The smallest absolute Gasteiger partial charge is 0.317 e. The topological polar surface area (TPSA) is 88.4 Å². The minimum Gasteiger partial charge on any atom is -0.493 e. The molecule has 0 radical (unpaired) electrons. The number of esters is 1. The van der Waals surface area contributed by atoms with Gasteiger partial charge in [0.15, 0.2) is 16.3 Å². The summed E-state index contributed by atoms with van der Waals surface area (Å²) in [5.74, 6) is 0.487. The van der Waals surface area contributed by atoms with Crippen LogP contribution in [0.2, 0.25) is 0 Å². The summed E-state index contributed by atoms with van der Waals surface area (Å²) in [4.78, 5) is 31.7. The van der Waals surface area contributed by atoms with Gasteiger partial charge in [-0.3, -0.25) is 14.2 Å². The van der Waals surface area contributed by atoms with Crippen LogP contribution in [0.15, 0.2) is 52.3 Å². The lowest BCUT2D eigenvalue weighted by atomic mass is 9.81. The summed E-state index contributed by atoms with van der Waals surface area (Å²) in [5.41, 5.74) is 0.105. The first-order valence-corrected chi connectivity index (χ1v) is 11.1.